The largest absolute Gasteiger partial charge is 0.398 e. The Bertz CT molecular complexity index is 749. The summed E-state index contributed by atoms with van der Waals surface area (Å²) in [7, 11) is 0. The molecule has 0 saturated carbocycles. The molecule has 0 saturated heterocycles. The summed E-state index contributed by atoms with van der Waals surface area (Å²) in [4.78, 5) is 17.1. The summed E-state index contributed by atoms with van der Waals surface area (Å²) >= 11 is 1.46. The molecule has 4 heteroatoms. The van der Waals surface area contributed by atoms with Crippen molar-refractivity contribution in [1.82, 2.24) is 4.98 Å². The minimum atomic E-state index is 0.00384. The number of hydrogen-bond acceptors (Lipinski definition) is 4. The van der Waals surface area contributed by atoms with Gasteiger partial charge in [-0.2, -0.15) is 0 Å². The number of aromatic nitrogens is 1. The Kier molecular flexibility index (Phi) is 1.91. The highest BCUT2D eigenvalue weighted by atomic mass is 32.1. The molecular formula is C12H8N2OS. The van der Waals surface area contributed by atoms with Crippen LogP contribution in [0.25, 0.3) is 20.3 Å². The molecule has 0 aliphatic carbocycles. The second kappa shape index (κ2) is 3.28. The summed E-state index contributed by atoms with van der Waals surface area (Å²) in [6.45, 7) is 0. The number of benzene rings is 1. The first-order valence-electron chi connectivity index (χ1n) is 4.83. The second-order valence-corrected chi connectivity index (χ2v) is 4.51. The Balaban J connectivity index is 2.67. The van der Waals surface area contributed by atoms with Crippen LogP contribution >= 0.6 is 11.3 Å². The van der Waals surface area contributed by atoms with Crippen LogP contribution < -0.4 is 11.2 Å². The average molecular weight is 228 g/mol. The molecule has 0 unspecified atom stereocenters. The molecule has 1 aromatic carbocycles. The molecule has 0 spiro atoms. The van der Waals surface area contributed by atoms with E-state index in [0.717, 1.165) is 9.53 Å². The summed E-state index contributed by atoms with van der Waals surface area (Å²) < 4.78 is 0.818. The molecule has 0 atom stereocenters. The third kappa shape index (κ3) is 1.20. The zero-order valence-electron chi connectivity index (χ0n) is 8.31. The van der Waals surface area contributed by atoms with Crippen LogP contribution in [0.3, 0.4) is 0 Å². The lowest BCUT2D eigenvalue weighted by Crippen LogP contribution is -2.02. The number of anilines is 1. The maximum atomic E-state index is 12.2. The van der Waals surface area contributed by atoms with Crippen molar-refractivity contribution in [3.05, 3.63) is 46.8 Å². The lowest BCUT2D eigenvalue weighted by molar-refractivity contribution is 1.44. The lowest BCUT2D eigenvalue weighted by atomic mass is 10.2. The number of nitrogens with two attached hydrogens (primary N) is 1. The van der Waals surface area contributed by atoms with Crippen LogP contribution in [0.4, 0.5) is 5.69 Å². The molecule has 3 aromatic rings. The van der Waals surface area contributed by atoms with Crippen LogP contribution in [0, 0.1) is 0 Å². The maximum Gasteiger partial charge on any atom is 0.197 e. The molecule has 2 aromatic heterocycles. The van der Waals surface area contributed by atoms with Crippen molar-refractivity contribution in [2.24, 2.45) is 0 Å². The van der Waals surface area contributed by atoms with Crippen LogP contribution in [0.2, 0.25) is 0 Å². The highest BCUT2D eigenvalue weighted by Gasteiger charge is 2.07. The minimum Gasteiger partial charge on any atom is -0.398 e. The van der Waals surface area contributed by atoms with Gasteiger partial charge in [-0.3, -0.25) is 4.79 Å². The Morgan fingerprint density at radius 3 is 2.81 bits per heavy atom. The van der Waals surface area contributed by atoms with Gasteiger partial charge >= 0.3 is 0 Å². The Morgan fingerprint density at radius 2 is 1.94 bits per heavy atom. The molecule has 0 fully saturated rings. The highest BCUT2D eigenvalue weighted by Crippen LogP contribution is 2.27. The quantitative estimate of drug-likeness (QED) is 0.475. The van der Waals surface area contributed by atoms with E-state index in [0.29, 0.717) is 16.5 Å². The fourth-order valence-electron chi connectivity index (χ4n) is 1.73. The van der Waals surface area contributed by atoms with Crippen LogP contribution in [-0.2, 0) is 0 Å². The molecule has 16 heavy (non-hydrogen) atoms. The Hall–Kier alpha value is -1.94. The predicted molar refractivity (Wildman–Crippen MR) is 67.8 cm³/mol. The Labute approximate surface area is 95.2 Å². The second-order valence-electron chi connectivity index (χ2n) is 3.51. The molecule has 2 N–H and O–H groups in total. The SMILES string of the molecule is Nc1cccc2c(=O)c3cccnc3sc12. The summed E-state index contributed by atoms with van der Waals surface area (Å²) in [5, 5.41) is 1.33. The number of nitrogen functional groups attached to an aromatic ring is 1. The smallest absolute Gasteiger partial charge is 0.197 e. The van der Waals surface area contributed by atoms with Gasteiger partial charge in [0.05, 0.1) is 10.1 Å². The van der Waals surface area contributed by atoms with E-state index in [4.69, 9.17) is 5.73 Å². The summed E-state index contributed by atoms with van der Waals surface area (Å²) in [5.41, 5.74) is 6.50. The molecule has 3 nitrogen and oxygen atoms in total. The average Bonchev–Trinajstić information content (AvgIpc) is 2.31. The van der Waals surface area contributed by atoms with E-state index in [1.54, 1.807) is 36.5 Å². The van der Waals surface area contributed by atoms with Gasteiger partial charge in [-0.25, -0.2) is 4.98 Å². The van der Waals surface area contributed by atoms with Crippen molar-refractivity contribution >= 4 is 37.3 Å². The molecule has 78 valence electrons. The molecule has 0 radical (unpaired) electrons. The first-order valence-corrected chi connectivity index (χ1v) is 5.65. The van der Waals surface area contributed by atoms with Gasteiger partial charge in [-0.05, 0) is 24.3 Å². The fraction of sp³-hybridized carbons (Fsp3) is 0. The van der Waals surface area contributed by atoms with Gasteiger partial charge in [0.2, 0.25) is 0 Å². The van der Waals surface area contributed by atoms with Crippen molar-refractivity contribution in [1.29, 1.82) is 0 Å². The van der Waals surface area contributed by atoms with Gasteiger partial charge < -0.3 is 5.73 Å². The summed E-state index contributed by atoms with van der Waals surface area (Å²) in [6.07, 6.45) is 1.68. The number of rotatable bonds is 0. The van der Waals surface area contributed by atoms with Gasteiger partial charge in [0, 0.05) is 17.3 Å². The van der Waals surface area contributed by atoms with Gasteiger partial charge in [-0.15, -0.1) is 11.3 Å². The zero-order chi connectivity index (χ0) is 11.1. The van der Waals surface area contributed by atoms with Crippen molar-refractivity contribution in [3.8, 4) is 0 Å². The van der Waals surface area contributed by atoms with E-state index in [-0.39, 0.29) is 5.43 Å². The van der Waals surface area contributed by atoms with E-state index >= 15 is 0 Å². The predicted octanol–water partition coefficient (Wildman–Crippen LogP) is 2.39. The number of pyridine rings is 1. The van der Waals surface area contributed by atoms with Crippen molar-refractivity contribution < 1.29 is 0 Å². The Morgan fingerprint density at radius 1 is 1.12 bits per heavy atom. The standard InChI is InChI=1S/C12H8N2OS/c13-9-5-1-3-7-10(15)8-4-2-6-14-12(8)16-11(7)9/h1-6H,13H2. The highest BCUT2D eigenvalue weighted by molar-refractivity contribution is 7.24. The maximum absolute atomic E-state index is 12.2. The van der Waals surface area contributed by atoms with Crippen molar-refractivity contribution in [3.63, 3.8) is 0 Å². The van der Waals surface area contributed by atoms with Crippen LogP contribution in [0.1, 0.15) is 0 Å². The van der Waals surface area contributed by atoms with Crippen molar-refractivity contribution in [2.75, 3.05) is 5.73 Å². The van der Waals surface area contributed by atoms with E-state index in [1.165, 1.54) is 11.3 Å². The molecule has 0 aliphatic rings. The fourth-order valence-corrected chi connectivity index (χ4v) is 2.77. The van der Waals surface area contributed by atoms with Crippen LogP contribution in [-0.4, -0.2) is 4.98 Å². The number of hydrogen-bond donors (Lipinski definition) is 1. The van der Waals surface area contributed by atoms with Crippen LogP contribution in [0.15, 0.2) is 41.3 Å². The van der Waals surface area contributed by atoms with E-state index in [2.05, 4.69) is 4.98 Å². The van der Waals surface area contributed by atoms with E-state index in [9.17, 15) is 4.79 Å². The third-order valence-corrected chi connectivity index (χ3v) is 3.68. The van der Waals surface area contributed by atoms with E-state index < -0.39 is 0 Å². The molecular weight excluding hydrogens is 220 g/mol. The van der Waals surface area contributed by atoms with Gasteiger partial charge in [0.25, 0.3) is 0 Å². The topological polar surface area (TPSA) is 56.0 Å². The normalized spacial score (nSPS) is 11.0. The number of fused-ring (bicyclic) bond motifs is 2. The molecule has 0 bridgehead atoms. The van der Waals surface area contributed by atoms with Crippen molar-refractivity contribution in [2.45, 2.75) is 0 Å². The molecule has 0 aliphatic heterocycles. The van der Waals surface area contributed by atoms with Gasteiger partial charge in [0.15, 0.2) is 5.43 Å². The minimum absolute atomic E-state index is 0.00384. The first-order chi connectivity index (χ1) is 7.77. The zero-order valence-corrected chi connectivity index (χ0v) is 9.12. The monoisotopic (exact) mass is 228 g/mol. The van der Waals surface area contributed by atoms with Gasteiger partial charge in [-0.1, -0.05) is 6.07 Å². The molecule has 3 rings (SSSR count). The van der Waals surface area contributed by atoms with E-state index in [1.807, 2.05) is 0 Å². The summed E-state index contributed by atoms with van der Waals surface area (Å²) in [6, 6.07) is 8.97. The van der Waals surface area contributed by atoms with Crippen LogP contribution in [0.5, 0.6) is 0 Å². The summed E-state index contributed by atoms with van der Waals surface area (Å²) in [5.74, 6) is 0. The lowest BCUT2D eigenvalue weighted by Gasteiger charge is -2.01. The molecule has 0 amide bonds. The third-order valence-electron chi connectivity index (χ3n) is 2.50. The number of nitrogens with zero attached hydrogens (tertiary/aromatic N) is 1. The molecule has 2 heterocycles. The first kappa shape index (κ1) is 9.30. The van der Waals surface area contributed by atoms with Gasteiger partial charge in [0.1, 0.15) is 4.83 Å².